The Balaban J connectivity index is 1.29. The number of aliphatic hydroxyl groups excluding tert-OH is 1. The number of unbranched alkanes of at least 4 members (excludes halogenated alkanes) is 2. The van der Waals surface area contributed by atoms with Crippen LogP contribution in [0.1, 0.15) is 60.6 Å². The van der Waals surface area contributed by atoms with Gasteiger partial charge in [0.1, 0.15) is 5.69 Å². The van der Waals surface area contributed by atoms with E-state index in [4.69, 9.17) is 4.74 Å². The Bertz CT molecular complexity index is 1820. The molecule has 0 saturated carbocycles. The quantitative estimate of drug-likeness (QED) is 0.0546. The van der Waals surface area contributed by atoms with Crippen LogP contribution in [0.15, 0.2) is 48.5 Å². The lowest BCUT2D eigenvalue weighted by Gasteiger charge is -2.21. The minimum absolute atomic E-state index is 0.147. The summed E-state index contributed by atoms with van der Waals surface area (Å²) in [4.78, 5) is 12.0. The summed E-state index contributed by atoms with van der Waals surface area (Å²) in [6, 6.07) is 14.6. The maximum atomic E-state index is 14.6. The molecule has 4 N–H and O–H groups in total. The molecule has 5 aromatic rings. The Morgan fingerprint density at radius 3 is 2.64 bits per heavy atom. The normalized spacial score (nSPS) is 11.1. The van der Waals surface area contributed by atoms with Crippen molar-refractivity contribution >= 4 is 54.8 Å². The van der Waals surface area contributed by atoms with Gasteiger partial charge in [0.15, 0.2) is 39.8 Å². The van der Waals surface area contributed by atoms with Crippen LogP contribution in [0.4, 0.5) is 26.3 Å². The monoisotopic (exact) mass is 675 g/mol. The average molecular weight is 676 g/mol. The number of benzene rings is 2. The van der Waals surface area contributed by atoms with E-state index in [0.717, 1.165) is 40.2 Å². The Kier molecular flexibility index (Phi) is 12.0. The van der Waals surface area contributed by atoms with Gasteiger partial charge < -0.3 is 30.5 Å². The molecular formula is C34H38FN7O3S2. The molecule has 0 saturated heterocycles. The Labute approximate surface area is 281 Å². The zero-order valence-electron chi connectivity index (χ0n) is 26.6. The number of rotatable bonds is 15. The van der Waals surface area contributed by atoms with Gasteiger partial charge in [-0.05, 0) is 75.2 Å². The third kappa shape index (κ3) is 9.00. The fourth-order valence-electron chi connectivity index (χ4n) is 4.77. The van der Waals surface area contributed by atoms with E-state index in [1.807, 2.05) is 42.2 Å². The number of anilines is 4. The van der Waals surface area contributed by atoms with Crippen LogP contribution in [0.5, 0.6) is 5.75 Å². The number of nitrogens with one attached hydrogen (secondary N) is 2. The third-order valence-electron chi connectivity index (χ3n) is 7.18. The number of fused-ring (bicyclic) bond motifs is 1. The summed E-state index contributed by atoms with van der Waals surface area (Å²) in [7, 11) is 1.80. The standard InChI is InChI=1S/C34H38FN7O3S2/c1-4-5-8-18-42(29-20-22(2)31(41-40-29)39-33-37-25-12-6-7-13-27(25)46-33)34-38-30(32(43)44)28(47-34)14-10-19-45-26-16-15-23(21-24(26)35)11-9-17-36-3/h6-7,12-13,15-16,20-21,32,36,43-44H,4-5,8,10,14,17-19H2,1-3H3,(H,37,39,41). The Hall–Kier alpha value is -4.19. The van der Waals surface area contributed by atoms with Crippen LogP contribution in [-0.4, -0.2) is 57.1 Å². The first-order chi connectivity index (χ1) is 22.9. The molecule has 0 amide bonds. The van der Waals surface area contributed by atoms with Gasteiger partial charge in [-0.25, -0.2) is 14.4 Å². The lowest BCUT2D eigenvalue weighted by Crippen LogP contribution is -2.20. The second kappa shape index (κ2) is 16.6. The number of aryl methyl sites for hydroxylation is 2. The zero-order valence-corrected chi connectivity index (χ0v) is 28.2. The van der Waals surface area contributed by atoms with Crippen LogP contribution in [-0.2, 0) is 6.42 Å². The molecule has 0 fully saturated rings. The summed E-state index contributed by atoms with van der Waals surface area (Å²) in [5.74, 6) is 6.70. The van der Waals surface area contributed by atoms with Crippen molar-refractivity contribution in [3.05, 3.63) is 76.0 Å². The molecule has 3 heterocycles. The van der Waals surface area contributed by atoms with Gasteiger partial charge in [-0.15, -0.1) is 21.5 Å². The number of aliphatic hydroxyl groups is 2. The number of ether oxygens (including phenoxy) is 1. The molecule has 0 unspecified atom stereocenters. The minimum Gasteiger partial charge on any atom is -0.491 e. The molecule has 0 aliphatic rings. The summed E-state index contributed by atoms with van der Waals surface area (Å²) in [6.45, 7) is 5.49. The van der Waals surface area contributed by atoms with E-state index in [1.165, 1.54) is 17.4 Å². The average Bonchev–Trinajstić information content (AvgIpc) is 3.67. The molecule has 0 aliphatic carbocycles. The Morgan fingerprint density at radius 2 is 1.89 bits per heavy atom. The largest absolute Gasteiger partial charge is 0.491 e. The van der Waals surface area contributed by atoms with E-state index in [1.54, 1.807) is 30.5 Å². The summed E-state index contributed by atoms with van der Waals surface area (Å²) in [5, 5.41) is 36.9. The van der Waals surface area contributed by atoms with E-state index in [-0.39, 0.29) is 18.1 Å². The molecule has 246 valence electrons. The number of hydrogen-bond donors (Lipinski definition) is 4. The minimum atomic E-state index is -1.74. The molecule has 13 heteroatoms. The number of nitrogens with zero attached hydrogens (tertiary/aromatic N) is 5. The topological polar surface area (TPSA) is 129 Å². The van der Waals surface area contributed by atoms with Gasteiger partial charge in [0.05, 0.1) is 23.4 Å². The van der Waals surface area contributed by atoms with Gasteiger partial charge in [0, 0.05) is 17.0 Å². The van der Waals surface area contributed by atoms with Crippen LogP contribution in [0.25, 0.3) is 10.2 Å². The smallest absolute Gasteiger partial charge is 0.197 e. The van der Waals surface area contributed by atoms with Crippen LogP contribution in [0.2, 0.25) is 0 Å². The van der Waals surface area contributed by atoms with Crippen molar-refractivity contribution in [3.8, 4) is 17.6 Å². The number of para-hydroxylation sites is 1. The highest BCUT2D eigenvalue weighted by molar-refractivity contribution is 7.22. The number of hydrogen-bond acceptors (Lipinski definition) is 12. The third-order valence-corrected chi connectivity index (χ3v) is 9.29. The Morgan fingerprint density at radius 1 is 1.04 bits per heavy atom. The summed E-state index contributed by atoms with van der Waals surface area (Å²) >= 11 is 2.93. The summed E-state index contributed by atoms with van der Waals surface area (Å²) < 4.78 is 21.3. The van der Waals surface area contributed by atoms with Crippen LogP contribution in [0, 0.1) is 24.6 Å². The van der Waals surface area contributed by atoms with Gasteiger partial charge in [0.2, 0.25) is 0 Å². The van der Waals surface area contributed by atoms with Crippen molar-refractivity contribution in [2.75, 3.05) is 37.0 Å². The molecule has 5 rings (SSSR count). The SMILES string of the molecule is CCCCCN(c1cc(C)c(Nc2nc3ccccc3s2)nn1)c1nc(C(O)O)c(CCCOc2ccc(C#CCNC)cc2F)s1. The van der Waals surface area contributed by atoms with Gasteiger partial charge >= 0.3 is 0 Å². The van der Waals surface area contributed by atoms with Crippen molar-refractivity contribution < 1.29 is 19.3 Å². The maximum Gasteiger partial charge on any atom is 0.197 e. The molecule has 0 bridgehead atoms. The molecule has 0 spiro atoms. The number of thiazole rings is 2. The van der Waals surface area contributed by atoms with Crippen molar-refractivity contribution in [2.45, 2.75) is 52.2 Å². The zero-order chi connectivity index (χ0) is 33.2. The summed E-state index contributed by atoms with van der Waals surface area (Å²) in [5.41, 5.74) is 2.58. The molecule has 3 aromatic heterocycles. The maximum absolute atomic E-state index is 14.6. The fraction of sp³-hybridized carbons (Fsp3) is 0.353. The highest BCUT2D eigenvalue weighted by Gasteiger charge is 2.23. The number of aromatic nitrogens is 4. The van der Waals surface area contributed by atoms with E-state index >= 15 is 0 Å². The molecule has 2 aromatic carbocycles. The fourth-order valence-corrected chi connectivity index (χ4v) is 6.80. The first-order valence-electron chi connectivity index (χ1n) is 15.5. The van der Waals surface area contributed by atoms with Gasteiger partial charge in [-0.1, -0.05) is 55.1 Å². The van der Waals surface area contributed by atoms with E-state index < -0.39 is 12.1 Å². The predicted octanol–water partition coefficient (Wildman–Crippen LogP) is 6.63. The van der Waals surface area contributed by atoms with Gasteiger partial charge in [-0.2, -0.15) is 0 Å². The molecule has 10 nitrogen and oxygen atoms in total. The highest BCUT2D eigenvalue weighted by Crippen LogP contribution is 2.35. The van der Waals surface area contributed by atoms with Crippen molar-refractivity contribution in [2.24, 2.45) is 0 Å². The van der Waals surface area contributed by atoms with E-state index in [2.05, 4.69) is 49.6 Å². The first kappa shape index (κ1) is 34.2. The van der Waals surface area contributed by atoms with Crippen molar-refractivity contribution in [1.29, 1.82) is 0 Å². The molecule has 47 heavy (non-hydrogen) atoms. The van der Waals surface area contributed by atoms with Gasteiger partial charge in [-0.3, -0.25) is 0 Å². The van der Waals surface area contributed by atoms with Crippen LogP contribution in [0.3, 0.4) is 0 Å². The van der Waals surface area contributed by atoms with Gasteiger partial charge in [0.25, 0.3) is 0 Å². The predicted molar refractivity (Wildman–Crippen MR) is 187 cm³/mol. The second-order valence-electron chi connectivity index (χ2n) is 10.8. The number of halogens is 1. The lowest BCUT2D eigenvalue weighted by atomic mass is 10.2. The lowest BCUT2D eigenvalue weighted by molar-refractivity contribution is -0.0459. The highest BCUT2D eigenvalue weighted by atomic mass is 32.1. The van der Waals surface area contributed by atoms with E-state index in [0.29, 0.717) is 53.1 Å². The summed E-state index contributed by atoms with van der Waals surface area (Å²) in [6.07, 6.45) is 2.21. The van der Waals surface area contributed by atoms with Crippen LogP contribution < -0.4 is 20.3 Å². The second-order valence-corrected chi connectivity index (χ2v) is 12.9. The molecule has 0 atom stereocenters. The molecule has 0 radical (unpaired) electrons. The van der Waals surface area contributed by atoms with Crippen molar-refractivity contribution in [3.63, 3.8) is 0 Å². The molecular weight excluding hydrogens is 638 g/mol. The van der Waals surface area contributed by atoms with Crippen LogP contribution >= 0.6 is 22.7 Å². The van der Waals surface area contributed by atoms with E-state index in [9.17, 15) is 14.6 Å². The first-order valence-corrected chi connectivity index (χ1v) is 17.2. The molecule has 0 aliphatic heterocycles. The van der Waals surface area contributed by atoms with Crippen molar-refractivity contribution in [1.82, 2.24) is 25.5 Å².